The maximum Gasteiger partial charge on any atom is 0.297 e. The molecule has 1 aliphatic heterocycles. The number of amides is 1. The molecule has 0 saturated carbocycles. The van der Waals surface area contributed by atoms with Gasteiger partial charge in [-0.15, -0.1) is 10.2 Å². The van der Waals surface area contributed by atoms with E-state index in [-0.39, 0.29) is 22.3 Å². The number of halogens is 1. The molecule has 2 aromatic heterocycles. The number of aryl methyl sites for hydroxylation is 1. The van der Waals surface area contributed by atoms with Crippen LogP contribution in [0, 0.1) is 5.82 Å². The molecule has 180 valence electrons. The van der Waals surface area contributed by atoms with E-state index in [0.717, 1.165) is 36.8 Å². The van der Waals surface area contributed by atoms with Gasteiger partial charge in [0.1, 0.15) is 22.2 Å². The zero-order valence-corrected chi connectivity index (χ0v) is 20.2. The fraction of sp³-hybridized carbons (Fsp3) is 0.308. The second kappa shape index (κ2) is 9.58. The van der Waals surface area contributed by atoms with Crippen LogP contribution >= 0.6 is 11.3 Å². The van der Waals surface area contributed by atoms with Crippen LogP contribution in [0.5, 0.6) is 5.75 Å². The number of hydrogen-bond donors (Lipinski definition) is 0. The number of rotatable bonds is 8. The first-order valence-corrected chi connectivity index (χ1v) is 12.5. The van der Waals surface area contributed by atoms with Crippen LogP contribution in [0.1, 0.15) is 65.8 Å². The molecule has 0 spiro atoms. The summed E-state index contributed by atoms with van der Waals surface area (Å²) in [4.78, 5) is 28.6. The van der Waals surface area contributed by atoms with Crippen molar-refractivity contribution in [2.45, 2.75) is 45.6 Å². The van der Waals surface area contributed by atoms with Gasteiger partial charge in [0.15, 0.2) is 5.43 Å². The van der Waals surface area contributed by atoms with Gasteiger partial charge >= 0.3 is 0 Å². The van der Waals surface area contributed by atoms with Crippen molar-refractivity contribution in [1.82, 2.24) is 10.2 Å². The van der Waals surface area contributed by atoms with Crippen molar-refractivity contribution in [1.29, 1.82) is 0 Å². The molecule has 0 radical (unpaired) electrons. The zero-order chi connectivity index (χ0) is 24.5. The minimum absolute atomic E-state index is 0.0605. The first-order chi connectivity index (χ1) is 17.0. The molecule has 1 unspecified atom stereocenters. The summed E-state index contributed by atoms with van der Waals surface area (Å²) in [5.41, 5.74) is 0.575. The molecule has 4 aromatic rings. The van der Waals surface area contributed by atoms with Gasteiger partial charge in [-0.2, -0.15) is 0 Å². The van der Waals surface area contributed by atoms with Crippen LogP contribution in [0.2, 0.25) is 0 Å². The smallest absolute Gasteiger partial charge is 0.297 e. The maximum atomic E-state index is 14.0. The minimum Gasteiger partial charge on any atom is -0.494 e. The second-order valence-electron chi connectivity index (χ2n) is 8.39. The molecule has 1 amide bonds. The second-order valence-corrected chi connectivity index (χ2v) is 9.43. The van der Waals surface area contributed by atoms with E-state index in [1.54, 1.807) is 0 Å². The number of unbranched alkanes of at least 4 members (excludes halogenated alkanes) is 1. The summed E-state index contributed by atoms with van der Waals surface area (Å²) in [6.07, 6.45) is 3.60. The van der Waals surface area contributed by atoms with E-state index in [4.69, 9.17) is 9.15 Å². The molecule has 9 heteroatoms. The third kappa shape index (κ3) is 4.20. The third-order valence-electron chi connectivity index (χ3n) is 5.92. The van der Waals surface area contributed by atoms with Crippen LogP contribution in [-0.4, -0.2) is 22.7 Å². The molecule has 35 heavy (non-hydrogen) atoms. The number of fused-ring (bicyclic) bond motifs is 2. The Hall–Kier alpha value is -3.59. The Bertz CT molecular complexity index is 1450. The van der Waals surface area contributed by atoms with Gasteiger partial charge in [0, 0.05) is 6.42 Å². The van der Waals surface area contributed by atoms with E-state index < -0.39 is 23.2 Å². The van der Waals surface area contributed by atoms with Gasteiger partial charge in [0.2, 0.25) is 10.9 Å². The summed E-state index contributed by atoms with van der Waals surface area (Å²) in [7, 11) is 0. The van der Waals surface area contributed by atoms with E-state index in [9.17, 15) is 14.0 Å². The van der Waals surface area contributed by atoms with Gasteiger partial charge in [0.25, 0.3) is 5.91 Å². The van der Waals surface area contributed by atoms with Crippen LogP contribution in [0.15, 0.2) is 51.7 Å². The van der Waals surface area contributed by atoms with Gasteiger partial charge in [-0.1, -0.05) is 43.7 Å². The van der Waals surface area contributed by atoms with Gasteiger partial charge < -0.3 is 9.15 Å². The van der Waals surface area contributed by atoms with Crippen molar-refractivity contribution in [3.63, 3.8) is 0 Å². The Balaban J connectivity index is 1.65. The van der Waals surface area contributed by atoms with Crippen molar-refractivity contribution < 1.29 is 18.3 Å². The van der Waals surface area contributed by atoms with Crippen LogP contribution in [-0.2, 0) is 6.42 Å². The number of hydrogen-bond acceptors (Lipinski definition) is 7. The van der Waals surface area contributed by atoms with Gasteiger partial charge in [-0.05, 0) is 48.7 Å². The Kier molecular flexibility index (Phi) is 6.34. The summed E-state index contributed by atoms with van der Waals surface area (Å²) in [6.45, 7) is 4.74. The van der Waals surface area contributed by atoms with Crippen LogP contribution in [0.25, 0.3) is 11.0 Å². The molecule has 0 aliphatic carbocycles. The molecule has 0 N–H and O–H groups in total. The van der Waals surface area contributed by atoms with E-state index in [1.807, 2.05) is 31.2 Å². The highest BCUT2D eigenvalue weighted by atomic mass is 32.1. The Morgan fingerprint density at radius 1 is 1.09 bits per heavy atom. The van der Waals surface area contributed by atoms with Crippen molar-refractivity contribution in [2.75, 3.05) is 11.5 Å². The Morgan fingerprint density at radius 3 is 2.63 bits per heavy atom. The first kappa shape index (κ1) is 23.2. The quantitative estimate of drug-likeness (QED) is 0.294. The molecule has 1 atom stereocenters. The molecule has 1 aliphatic rings. The average Bonchev–Trinajstić information content (AvgIpc) is 3.43. The standard InChI is InChI=1S/C26H24FN3O4S/c1-3-5-13-33-17-10-7-15(8-11-17)22-21-23(31)18-14-16(27)9-12-19(18)34-24(21)25(32)30(22)26-29-28-20(35-26)6-4-2/h7-12,14,22H,3-6,13H2,1-2H3. The predicted molar refractivity (Wildman–Crippen MR) is 132 cm³/mol. The van der Waals surface area contributed by atoms with Crippen LogP contribution in [0.3, 0.4) is 0 Å². The van der Waals surface area contributed by atoms with Gasteiger partial charge in [0.05, 0.1) is 23.6 Å². The number of carbonyl (C=O) groups excluding carboxylic acids is 1. The lowest BCUT2D eigenvalue weighted by Gasteiger charge is -2.22. The summed E-state index contributed by atoms with van der Waals surface area (Å²) < 4.78 is 25.6. The van der Waals surface area contributed by atoms with Crippen molar-refractivity contribution in [3.05, 3.63) is 80.4 Å². The minimum atomic E-state index is -0.784. The largest absolute Gasteiger partial charge is 0.494 e. The van der Waals surface area contributed by atoms with Gasteiger partial charge in [-0.3, -0.25) is 14.5 Å². The lowest BCUT2D eigenvalue weighted by molar-refractivity contribution is 0.0970. The number of anilines is 1. The number of aromatic nitrogens is 2. The fourth-order valence-electron chi connectivity index (χ4n) is 4.20. The maximum absolute atomic E-state index is 14.0. The highest BCUT2D eigenvalue weighted by Crippen LogP contribution is 2.42. The molecule has 2 aromatic carbocycles. The molecule has 7 nitrogen and oxygen atoms in total. The number of benzene rings is 2. The van der Waals surface area contributed by atoms with Crippen molar-refractivity contribution in [3.8, 4) is 5.75 Å². The molecular formula is C26H24FN3O4S. The zero-order valence-electron chi connectivity index (χ0n) is 19.4. The third-order valence-corrected chi connectivity index (χ3v) is 6.90. The summed E-state index contributed by atoms with van der Waals surface area (Å²) in [5.74, 6) is -0.387. The summed E-state index contributed by atoms with van der Waals surface area (Å²) in [5, 5.41) is 9.74. The number of nitrogens with zero attached hydrogens (tertiary/aromatic N) is 3. The Labute approximate surface area is 205 Å². The lowest BCUT2D eigenvalue weighted by Crippen LogP contribution is -2.29. The SMILES string of the molecule is CCCCOc1ccc(C2c3c(oc4ccc(F)cc4c3=O)C(=O)N2c2nnc(CCC)s2)cc1. The highest BCUT2D eigenvalue weighted by molar-refractivity contribution is 7.15. The van der Waals surface area contributed by atoms with Crippen molar-refractivity contribution in [2.24, 2.45) is 0 Å². The molecule has 0 fully saturated rings. The van der Waals surface area contributed by atoms with E-state index in [0.29, 0.717) is 23.1 Å². The van der Waals surface area contributed by atoms with E-state index >= 15 is 0 Å². The first-order valence-electron chi connectivity index (χ1n) is 11.7. The predicted octanol–water partition coefficient (Wildman–Crippen LogP) is 5.66. The fourth-order valence-corrected chi connectivity index (χ4v) is 5.16. The van der Waals surface area contributed by atoms with Crippen LogP contribution < -0.4 is 15.1 Å². The molecule has 0 bridgehead atoms. The summed E-state index contributed by atoms with van der Waals surface area (Å²) >= 11 is 1.31. The molecule has 0 saturated heterocycles. The number of ether oxygens (including phenoxy) is 1. The highest BCUT2D eigenvalue weighted by Gasteiger charge is 2.45. The average molecular weight is 494 g/mol. The topological polar surface area (TPSA) is 85.5 Å². The lowest BCUT2D eigenvalue weighted by atomic mass is 9.98. The molecule has 5 rings (SSSR count). The molecule has 3 heterocycles. The van der Waals surface area contributed by atoms with Crippen LogP contribution in [0.4, 0.5) is 9.52 Å². The van der Waals surface area contributed by atoms with Crippen molar-refractivity contribution >= 4 is 33.3 Å². The normalized spacial score (nSPS) is 15.1. The van der Waals surface area contributed by atoms with E-state index in [2.05, 4.69) is 17.1 Å². The van der Waals surface area contributed by atoms with E-state index in [1.165, 1.54) is 28.4 Å². The summed E-state index contributed by atoms with van der Waals surface area (Å²) in [6, 6.07) is 10.2. The van der Waals surface area contributed by atoms with Gasteiger partial charge in [-0.25, -0.2) is 4.39 Å². The Morgan fingerprint density at radius 2 is 1.89 bits per heavy atom. The number of carbonyl (C=O) groups is 1. The molecular weight excluding hydrogens is 469 g/mol. The monoisotopic (exact) mass is 493 g/mol.